The van der Waals surface area contributed by atoms with Crippen LogP contribution in [0.1, 0.15) is 11.1 Å². The Hall–Kier alpha value is -3.47. The minimum atomic E-state index is -3.72. The monoisotopic (exact) mass is 494 g/mol. The van der Waals surface area contributed by atoms with Gasteiger partial charge in [-0.25, -0.2) is 13.6 Å². The normalized spacial score (nSPS) is 13.7. The zero-order valence-electron chi connectivity index (χ0n) is 18.1. The first kappa shape index (κ1) is 22.3. The van der Waals surface area contributed by atoms with Crippen molar-refractivity contribution in [1.29, 1.82) is 0 Å². The molecule has 1 aliphatic heterocycles. The van der Waals surface area contributed by atoms with Crippen LogP contribution in [0, 0.1) is 0 Å². The summed E-state index contributed by atoms with van der Waals surface area (Å²) in [6.07, 6.45) is 3.59. The highest BCUT2D eigenvalue weighted by molar-refractivity contribution is 7.89. The van der Waals surface area contributed by atoms with E-state index >= 15 is 0 Å². The van der Waals surface area contributed by atoms with Crippen molar-refractivity contribution in [3.05, 3.63) is 88.3 Å². The van der Waals surface area contributed by atoms with E-state index in [0.717, 1.165) is 38.7 Å². The summed E-state index contributed by atoms with van der Waals surface area (Å²) < 4.78 is 36.6. The van der Waals surface area contributed by atoms with Crippen molar-refractivity contribution in [2.24, 2.45) is 10.1 Å². The van der Waals surface area contributed by atoms with E-state index in [0.29, 0.717) is 26.3 Å². The fraction of sp³-hybridized carbons (Fsp3) is 0.167. The molecule has 0 atom stereocenters. The van der Waals surface area contributed by atoms with Crippen LogP contribution in [0.5, 0.6) is 11.5 Å². The molecule has 0 fully saturated rings. The number of aromatic nitrogens is 2. The maximum Gasteiger partial charge on any atom is 0.238 e. The number of nitrogens with two attached hydrogens (primary N) is 1. The van der Waals surface area contributed by atoms with Crippen molar-refractivity contribution >= 4 is 21.4 Å². The molecule has 2 N–H and O–H groups in total. The van der Waals surface area contributed by atoms with Gasteiger partial charge in [0, 0.05) is 23.3 Å². The van der Waals surface area contributed by atoms with Crippen molar-refractivity contribution in [3.63, 3.8) is 0 Å². The molecule has 0 spiro atoms. The quantitative estimate of drug-likeness (QED) is 0.443. The zero-order chi connectivity index (χ0) is 23.5. The Labute approximate surface area is 201 Å². The summed E-state index contributed by atoms with van der Waals surface area (Å²) in [5.41, 5.74) is 3.95. The SMILES string of the molecule is NS(=O)(=O)c1ccc(CN=c2scc(-c3ccc4c(c3)OCCO4)n2Cc2cccnc2)cc1. The molecule has 0 saturated heterocycles. The zero-order valence-corrected chi connectivity index (χ0v) is 19.8. The second kappa shape index (κ2) is 9.41. The number of hydrogen-bond donors (Lipinski definition) is 1. The Morgan fingerprint density at radius 2 is 1.82 bits per heavy atom. The lowest BCUT2D eigenvalue weighted by atomic mass is 10.1. The first-order chi connectivity index (χ1) is 16.5. The van der Waals surface area contributed by atoms with Gasteiger partial charge in [-0.2, -0.15) is 0 Å². The summed E-state index contributed by atoms with van der Waals surface area (Å²) in [4.78, 5) is 9.98. The molecule has 0 saturated carbocycles. The van der Waals surface area contributed by atoms with E-state index in [-0.39, 0.29) is 4.90 Å². The van der Waals surface area contributed by atoms with Crippen molar-refractivity contribution in [3.8, 4) is 22.8 Å². The Morgan fingerprint density at radius 1 is 1.03 bits per heavy atom. The van der Waals surface area contributed by atoms with Crippen LogP contribution in [0.2, 0.25) is 0 Å². The molecule has 34 heavy (non-hydrogen) atoms. The van der Waals surface area contributed by atoms with Gasteiger partial charge in [-0.3, -0.25) is 9.98 Å². The van der Waals surface area contributed by atoms with Gasteiger partial charge >= 0.3 is 0 Å². The lowest BCUT2D eigenvalue weighted by molar-refractivity contribution is 0.171. The number of hydrogen-bond acceptors (Lipinski definition) is 7. The topological polar surface area (TPSA) is 109 Å². The van der Waals surface area contributed by atoms with Gasteiger partial charge in [0.25, 0.3) is 0 Å². The molecule has 10 heteroatoms. The minimum absolute atomic E-state index is 0.0832. The molecule has 0 radical (unpaired) electrons. The van der Waals surface area contributed by atoms with E-state index in [1.54, 1.807) is 29.7 Å². The first-order valence-electron chi connectivity index (χ1n) is 10.6. The number of rotatable bonds is 6. The molecule has 1 aliphatic rings. The summed E-state index contributed by atoms with van der Waals surface area (Å²) in [6, 6.07) is 16.3. The number of sulfonamides is 1. The van der Waals surface area contributed by atoms with Crippen LogP contribution < -0.4 is 19.4 Å². The van der Waals surface area contributed by atoms with E-state index < -0.39 is 10.0 Å². The van der Waals surface area contributed by atoms with E-state index in [1.807, 2.05) is 36.5 Å². The molecule has 2 aromatic heterocycles. The smallest absolute Gasteiger partial charge is 0.238 e. The van der Waals surface area contributed by atoms with Crippen LogP contribution in [0.25, 0.3) is 11.3 Å². The van der Waals surface area contributed by atoms with Crippen LogP contribution in [-0.2, 0) is 23.1 Å². The van der Waals surface area contributed by atoms with Crippen molar-refractivity contribution in [2.75, 3.05) is 13.2 Å². The van der Waals surface area contributed by atoms with E-state index in [2.05, 4.69) is 14.9 Å². The standard InChI is InChI=1S/C24H22N4O4S2/c25-34(29,30)20-6-3-17(4-7-20)14-27-24-28(15-18-2-1-9-26-13-18)21(16-33-24)19-5-8-22-23(12-19)32-11-10-31-22/h1-9,12-13,16H,10-11,14-15H2,(H2,25,29,30). The molecule has 0 unspecified atom stereocenters. The van der Waals surface area contributed by atoms with Crippen LogP contribution >= 0.6 is 11.3 Å². The predicted molar refractivity (Wildman–Crippen MR) is 129 cm³/mol. The summed E-state index contributed by atoms with van der Waals surface area (Å²) in [5.74, 6) is 1.48. The number of primary sulfonamides is 1. The molecular formula is C24H22N4O4S2. The second-order valence-electron chi connectivity index (χ2n) is 7.71. The van der Waals surface area contributed by atoms with E-state index in [4.69, 9.17) is 19.6 Å². The largest absolute Gasteiger partial charge is 0.486 e. The summed E-state index contributed by atoms with van der Waals surface area (Å²) in [6.45, 7) is 2.08. The first-order valence-corrected chi connectivity index (χ1v) is 13.0. The second-order valence-corrected chi connectivity index (χ2v) is 10.1. The van der Waals surface area contributed by atoms with Gasteiger partial charge in [-0.1, -0.05) is 18.2 Å². The molecule has 174 valence electrons. The molecule has 0 bridgehead atoms. The Morgan fingerprint density at radius 3 is 2.56 bits per heavy atom. The fourth-order valence-electron chi connectivity index (χ4n) is 3.66. The van der Waals surface area contributed by atoms with Gasteiger partial charge in [-0.15, -0.1) is 11.3 Å². The van der Waals surface area contributed by atoms with Gasteiger partial charge in [0.15, 0.2) is 16.3 Å². The average Bonchev–Trinajstić information content (AvgIpc) is 3.25. The van der Waals surface area contributed by atoms with Gasteiger partial charge in [0.1, 0.15) is 13.2 Å². The third kappa shape index (κ3) is 4.89. The van der Waals surface area contributed by atoms with E-state index in [9.17, 15) is 8.42 Å². The molecule has 2 aromatic carbocycles. The highest BCUT2D eigenvalue weighted by Gasteiger charge is 2.15. The van der Waals surface area contributed by atoms with Gasteiger partial charge in [0.05, 0.1) is 23.7 Å². The predicted octanol–water partition coefficient (Wildman–Crippen LogP) is 3.18. The molecule has 0 aliphatic carbocycles. The number of ether oxygens (including phenoxy) is 2. The molecule has 3 heterocycles. The number of pyridine rings is 1. The number of benzene rings is 2. The van der Waals surface area contributed by atoms with Gasteiger partial charge < -0.3 is 14.0 Å². The van der Waals surface area contributed by atoms with Crippen molar-refractivity contribution in [2.45, 2.75) is 18.0 Å². The summed E-state index contributed by atoms with van der Waals surface area (Å²) >= 11 is 1.54. The molecule has 5 rings (SSSR count). The Kier molecular flexibility index (Phi) is 6.18. The van der Waals surface area contributed by atoms with Crippen LogP contribution in [0.15, 0.2) is 82.3 Å². The highest BCUT2D eigenvalue weighted by Crippen LogP contribution is 2.34. The highest BCUT2D eigenvalue weighted by atomic mass is 32.2. The number of nitrogens with zero attached hydrogens (tertiary/aromatic N) is 3. The summed E-state index contributed by atoms with van der Waals surface area (Å²) in [7, 11) is -3.72. The maximum absolute atomic E-state index is 11.5. The lowest BCUT2D eigenvalue weighted by Gasteiger charge is -2.19. The molecular weight excluding hydrogens is 472 g/mol. The minimum Gasteiger partial charge on any atom is -0.486 e. The van der Waals surface area contributed by atoms with Gasteiger partial charge in [0.2, 0.25) is 10.0 Å². The van der Waals surface area contributed by atoms with Crippen LogP contribution in [0.4, 0.5) is 0 Å². The maximum atomic E-state index is 11.5. The third-order valence-corrected chi connectivity index (χ3v) is 7.18. The van der Waals surface area contributed by atoms with Crippen molar-refractivity contribution < 1.29 is 17.9 Å². The van der Waals surface area contributed by atoms with E-state index in [1.165, 1.54) is 12.1 Å². The Bertz CT molecular complexity index is 1480. The van der Waals surface area contributed by atoms with Crippen molar-refractivity contribution in [1.82, 2.24) is 9.55 Å². The summed E-state index contributed by atoms with van der Waals surface area (Å²) in [5, 5.41) is 7.26. The van der Waals surface area contributed by atoms with Crippen LogP contribution in [-0.4, -0.2) is 31.2 Å². The third-order valence-electron chi connectivity index (χ3n) is 5.35. The molecule has 8 nitrogen and oxygen atoms in total. The molecule has 4 aromatic rings. The lowest BCUT2D eigenvalue weighted by Crippen LogP contribution is -2.18. The number of fused-ring (bicyclic) bond motifs is 1. The van der Waals surface area contributed by atoms with Gasteiger partial charge in [-0.05, 0) is 47.5 Å². The Balaban J connectivity index is 1.51. The fourth-order valence-corrected chi connectivity index (χ4v) is 5.08. The van der Waals surface area contributed by atoms with Crippen LogP contribution in [0.3, 0.4) is 0 Å². The molecule has 0 amide bonds. The average molecular weight is 495 g/mol. The number of thiazole rings is 1.